The van der Waals surface area contributed by atoms with Crippen molar-refractivity contribution in [3.63, 3.8) is 0 Å². The summed E-state index contributed by atoms with van der Waals surface area (Å²) in [5.74, 6) is 0. The zero-order valence-corrected chi connectivity index (χ0v) is 23.4. The maximum absolute atomic E-state index is 8.72. The zero-order valence-electron chi connectivity index (χ0n) is 20.0. The molecule has 0 unspecified atom stereocenters. The van der Waals surface area contributed by atoms with E-state index < -0.39 is 8.07 Å². The molecular weight excluding hydrogens is 635 g/mol. The van der Waals surface area contributed by atoms with Gasteiger partial charge in [0.15, 0.2) is 0 Å². The van der Waals surface area contributed by atoms with E-state index in [0.29, 0.717) is 5.56 Å². The minimum Gasteiger partial charge on any atom is -0.305 e. The molecule has 3 nitrogen and oxygen atoms in total. The molecule has 0 fully saturated rings. The standard InChI is InChI=1S/C19H16NSi.C12H7N2.Ir/c1-21(2)18-11-7-6-10-15(18)16-12-17(20-13-19(16)21)14-8-4-3-5-9-14;13-9-10-6-7-14-12(8-10)11-4-2-1-3-5-11;/h3-8,10-13H,1-2H3;1-4,6-8H;/q2*-1;. The fraction of sp³-hybridized carbons (Fsp3) is 0.0645. The van der Waals surface area contributed by atoms with Crippen LogP contribution >= 0.6 is 0 Å². The van der Waals surface area contributed by atoms with E-state index in [0.717, 1.165) is 22.5 Å². The Kier molecular flexibility index (Phi) is 7.71. The summed E-state index contributed by atoms with van der Waals surface area (Å²) in [7, 11) is -1.58. The third kappa shape index (κ3) is 4.98. The topological polar surface area (TPSA) is 49.6 Å². The number of fused-ring (bicyclic) bond motifs is 3. The molecule has 0 amide bonds. The molecule has 3 aromatic carbocycles. The second-order valence-corrected chi connectivity index (χ2v) is 13.2. The Morgan fingerprint density at radius 1 is 0.722 bits per heavy atom. The summed E-state index contributed by atoms with van der Waals surface area (Å²) in [5.41, 5.74) is 7.13. The van der Waals surface area contributed by atoms with Crippen LogP contribution in [0.25, 0.3) is 33.6 Å². The molecule has 0 spiro atoms. The van der Waals surface area contributed by atoms with E-state index in [-0.39, 0.29) is 20.1 Å². The summed E-state index contributed by atoms with van der Waals surface area (Å²) in [6.45, 7) is 4.82. The fourth-order valence-corrected chi connectivity index (χ4v) is 7.45. The molecule has 5 aromatic rings. The molecule has 177 valence electrons. The summed E-state index contributed by atoms with van der Waals surface area (Å²) >= 11 is 0. The quantitative estimate of drug-likeness (QED) is 0.179. The van der Waals surface area contributed by atoms with Crippen LogP contribution in [0.5, 0.6) is 0 Å². The zero-order chi connectivity index (χ0) is 24.3. The van der Waals surface area contributed by atoms with E-state index in [1.165, 1.54) is 21.5 Å². The van der Waals surface area contributed by atoms with E-state index in [9.17, 15) is 0 Å². The van der Waals surface area contributed by atoms with Crippen molar-refractivity contribution < 1.29 is 20.1 Å². The first-order valence-corrected chi connectivity index (χ1v) is 14.5. The van der Waals surface area contributed by atoms with Crippen LogP contribution in [0.15, 0.2) is 103 Å². The summed E-state index contributed by atoms with van der Waals surface area (Å²) in [5, 5.41) is 11.7. The third-order valence-electron chi connectivity index (χ3n) is 6.33. The van der Waals surface area contributed by atoms with Crippen molar-refractivity contribution in [2.45, 2.75) is 13.1 Å². The van der Waals surface area contributed by atoms with Crippen molar-refractivity contribution >= 4 is 18.4 Å². The van der Waals surface area contributed by atoms with Gasteiger partial charge in [0.05, 0.1) is 6.07 Å². The monoisotopic (exact) mass is 658 g/mol. The van der Waals surface area contributed by atoms with Gasteiger partial charge in [-0.3, -0.25) is 0 Å². The molecule has 5 heteroatoms. The van der Waals surface area contributed by atoms with Gasteiger partial charge in [0.25, 0.3) is 0 Å². The number of pyridine rings is 2. The van der Waals surface area contributed by atoms with Gasteiger partial charge in [-0.05, 0) is 39.0 Å². The molecule has 1 aliphatic heterocycles. The van der Waals surface area contributed by atoms with Crippen LogP contribution in [0.3, 0.4) is 0 Å². The molecule has 2 aromatic heterocycles. The van der Waals surface area contributed by atoms with Gasteiger partial charge in [-0.2, -0.15) is 5.26 Å². The smallest absolute Gasteiger partial charge is 0.115 e. The van der Waals surface area contributed by atoms with Crippen LogP contribution in [-0.4, -0.2) is 18.0 Å². The van der Waals surface area contributed by atoms with Crippen LogP contribution < -0.4 is 10.4 Å². The number of nitrogens with zero attached hydrogens (tertiary/aromatic N) is 3. The van der Waals surface area contributed by atoms with Crippen molar-refractivity contribution in [1.29, 1.82) is 5.26 Å². The van der Waals surface area contributed by atoms with Crippen LogP contribution in [0.2, 0.25) is 13.1 Å². The first kappa shape index (κ1) is 25.4. The van der Waals surface area contributed by atoms with E-state index in [1.54, 1.807) is 18.3 Å². The Balaban J connectivity index is 0.000000178. The molecule has 0 saturated carbocycles. The molecule has 36 heavy (non-hydrogen) atoms. The summed E-state index contributed by atoms with van der Waals surface area (Å²) in [4.78, 5) is 8.88. The number of hydrogen-bond donors (Lipinski definition) is 0. The number of aromatic nitrogens is 2. The van der Waals surface area contributed by atoms with E-state index in [2.05, 4.69) is 78.9 Å². The SMILES string of the molecule is C[Si]1(C)c2ccccc2-c2cc(-c3[c-]cccc3)ncc21.N#Cc1ccnc(-c2[c-]cccc2)c1.[Ir]. The second-order valence-electron chi connectivity index (χ2n) is 8.88. The summed E-state index contributed by atoms with van der Waals surface area (Å²) < 4.78 is 0. The molecule has 0 saturated heterocycles. The van der Waals surface area contributed by atoms with Gasteiger partial charge in [0.1, 0.15) is 8.07 Å². The van der Waals surface area contributed by atoms with Crippen molar-refractivity contribution in [3.05, 3.63) is 121 Å². The molecule has 0 atom stereocenters. The third-order valence-corrected chi connectivity index (χ3v) is 9.85. The minimum absolute atomic E-state index is 0. The van der Waals surface area contributed by atoms with Crippen LogP contribution in [0.1, 0.15) is 5.56 Å². The van der Waals surface area contributed by atoms with Gasteiger partial charge in [-0.1, -0.05) is 49.5 Å². The molecule has 0 bridgehead atoms. The molecule has 0 aliphatic carbocycles. The predicted octanol–water partition coefficient (Wildman–Crippen LogP) is 5.77. The first-order valence-electron chi connectivity index (χ1n) is 11.5. The van der Waals surface area contributed by atoms with E-state index >= 15 is 0 Å². The molecule has 1 aliphatic rings. The van der Waals surface area contributed by atoms with Gasteiger partial charge < -0.3 is 9.97 Å². The molecule has 1 radical (unpaired) electrons. The van der Waals surface area contributed by atoms with Crippen molar-refractivity contribution in [2.75, 3.05) is 0 Å². The number of nitriles is 1. The van der Waals surface area contributed by atoms with E-state index in [4.69, 9.17) is 10.2 Å². The van der Waals surface area contributed by atoms with Crippen molar-refractivity contribution in [2.24, 2.45) is 0 Å². The van der Waals surface area contributed by atoms with E-state index in [1.807, 2.05) is 42.5 Å². The molecule has 3 heterocycles. The maximum atomic E-state index is 8.72. The van der Waals surface area contributed by atoms with Crippen LogP contribution in [0.4, 0.5) is 0 Å². The normalized spacial score (nSPS) is 12.1. The number of benzene rings is 3. The average molecular weight is 658 g/mol. The largest absolute Gasteiger partial charge is 0.305 e. The average Bonchev–Trinajstić information content (AvgIpc) is 3.16. The molecule has 0 N–H and O–H groups in total. The fourth-order valence-electron chi connectivity index (χ4n) is 4.48. The number of hydrogen-bond acceptors (Lipinski definition) is 3. The van der Waals surface area contributed by atoms with Crippen LogP contribution in [0, 0.1) is 23.5 Å². The Hall–Kier alpha value is -3.68. The Morgan fingerprint density at radius 2 is 1.36 bits per heavy atom. The number of rotatable bonds is 2. The van der Waals surface area contributed by atoms with Gasteiger partial charge in [0, 0.05) is 38.1 Å². The van der Waals surface area contributed by atoms with Gasteiger partial charge in [-0.15, -0.1) is 71.8 Å². The Labute approximate surface area is 226 Å². The van der Waals surface area contributed by atoms with Gasteiger partial charge in [0.2, 0.25) is 0 Å². The Morgan fingerprint density at radius 3 is 2.00 bits per heavy atom. The minimum atomic E-state index is -1.58. The first-order chi connectivity index (χ1) is 17.1. The summed E-state index contributed by atoms with van der Waals surface area (Å²) in [6, 6.07) is 38.5. The van der Waals surface area contributed by atoms with Crippen LogP contribution in [-0.2, 0) is 20.1 Å². The second kappa shape index (κ2) is 10.9. The molecule has 6 rings (SSSR count). The summed E-state index contributed by atoms with van der Waals surface area (Å²) in [6.07, 6.45) is 3.73. The predicted molar refractivity (Wildman–Crippen MR) is 144 cm³/mol. The maximum Gasteiger partial charge on any atom is 0.115 e. The van der Waals surface area contributed by atoms with Gasteiger partial charge in [-0.25, -0.2) is 0 Å². The Bertz CT molecular complexity index is 1530. The van der Waals surface area contributed by atoms with Crippen molar-refractivity contribution in [1.82, 2.24) is 9.97 Å². The van der Waals surface area contributed by atoms with Crippen molar-refractivity contribution in [3.8, 4) is 39.7 Å². The van der Waals surface area contributed by atoms with Gasteiger partial charge >= 0.3 is 0 Å². The molecular formula is C31H23IrN3Si-2.